The molecule has 0 bridgehead atoms. The van der Waals surface area contributed by atoms with Crippen LogP contribution >= 0.6 is 0 Å². The van der Waals surface area contributed by atoms with E-state index in [0.717, 1.165) is 5.56 Å². The average Bonchev–Trinajstić information content (AvgIpc) is 2.48. The summed E-state index contributed by atoms with van der Waals surface area (Å²) in [6.45, 7) is -0.319. The lowest BCUT2D eigenvalue weighted by molar-refractivity contribution is -0.136. The molecular weight excluding hydrogens is 274 g/mol. The van der Waals surface area contributed by atoms with Crippen LogP contribution in [-0.4, -0.2) is 32.9 Å². The predicted molar refractivity (Wildman–Crippen MR) is 75.4 cm³/mol. The van der Waals surface area contributed by atoms with E-state index >= 15 is 0 Å². The van der Waals surface area contributed by atoms with Crippen LogP contribution in [0.5, 0.6) is 17.2 Å². The van der Waals surface area contributed by atoms with E-state index in [1.54, 1.807) is 24.3 Å². The molecule has 0 heterocycles. The summed E-state index contributed by atoms with van der Waals surface area (Å²) in [5.74, 6) is -2.60. The van der Waals surface area contributed by atoms with Crippen LogP contribution in [0.25, 0.3) is 0 Å². The van der Waals surface area contributed by atoms with Gasteiger partial charge in [0.05, 0.1) is 12.6 Å². The molecule has 5 N–H and O–H groups in total. The Morgan fingerprint density at radius 2 is 1.67 bits per heavy atom. The molecule has 0 aliphatic heterocycles. The molecule has 1 unspecified atom stereocenters. The van der Waals surface area contributed by atoms with Crippen molar-refractivity contribution in [1.29, 1.82) is 0 Å². The van der Waals surface area contributed by atoms with Crippen LogP contribution in [0.15, 0.2) is 42.5 Å². The van der Waals surface area contributed by atoms with Gasteiger partial charge in [-0.15, -0.1) is 0 Å². The van der Waals surface area contributed by atoms with Crippen molar-refractivity contribution >= 4 is 5.97 Å². The molecule has 0 aliphatic rings. The smallest absolute Gasteiger partial charge is 0.317 e. The average molecular weight is 289 g/mol. The first-order valence-electron chi connectivity index (χ1n) is 6.24. The maximum absolute atomic E-state index is 10.8. The summed E-state index contributed by atoms with van der Waals surface area (Å²) in [5, 5.41) is 40.6. The standard InChI is InChI=1S/C15H15NO5/c17-11-7-6-10(14(20)15(11)21)13(16-8-12(18)19)9-4-2-1-3-5-9/h1-7,13,16-17,20-21H,8H2,(H,18,19). The highest BCUT2D eigenvalue weighted by Gasteiger charge is 2.21. The van der Waals surface area contributed by atoms with Crippen LogP contribution in [0, 0.1) is 0 Å². The SMILES string of the molecule is O=C(O)CNC(c1ccccc1)c1ccc(O)c(O)c1O. The Kier molecular flexibility index (Phi) is 4.30. The van der Waals surface area contributed by atoms with Gasteiger partial charge in [-0.25, -0.2) is 0 Å². The number of benzene rings is 2. The Morgan fingerprint density at radius 3 is 2.29 bits per heavy atom. The van der Waals surface area contributed by atoms with Crippen LogP contribution in [0.4, 0.5) is 0 Å². The summed E-state index contributed by atoms with van der Waals surface area (Å²) < 4.78 is 0. The van der Waals surface area contributed by atoms with E-state index < -0.39 is 29.3 Å². The summed E-state index contributed by atoms with van der Waals surface area (Å²) >= 11 is 0. The monoisotopic (exact) mass is 289 g/mol. The van der Waals surface area contributed by atoms with E-state index in [-0.39, 0.29) is 12.1 Å². The molecular formula is C15H15NO5. The molecule has 0 aliphatic carbocycles. The number of aromatic hydroxyl groups is 3. The highest BCUT2D eigenvalue weighted by Crippen LogP contribution is 2.41. The van der Waals surface area contributed by atoms with Crippen molar-refractivity contribution in [3.8, 4) is 17.2 Å². The highest BCUT2D eigenvalue weighted by atomic mass is 16.4. The van der Waals surface area contributed by atoms with Gasteiger partial charge in [0.25, 0.3) is 0 Å². The van der Waals surface area contributed by atoms with Gasteiger partial charge in [0, 0.05) is 5.56 Å². The zero-order valence-corrected chi connectivity index (χ0v) is 11.0. The third-order valence-electron chi connectivity index (χ3n) is 3.06. The van der Waals surface area contributed by atoms with E-state index in [0.29, 0.717) is 0 Å². The molecule has 21 heavy (non-hydrogen) atoms. The second-order valence-corrected chi connectivity index (χ2v) is 4.49. The first kappa shape index (κ1) is 14.7. The van der Waals surface area contributed by atoms with Crippen molar-refractivity contribution < 1.29 is 25.2 Å². The number of carboxylic acids is 1. The second-order valence-electron chi connectivity index (χ2n) is 4.49. The van der Waals surface area contributed by atoms with Crippen molar-refractivity contribution in [3.63, 3.8) is 0 Å². The maximum Gasteiger partial charge on any atom is 0.317 e. The first-order chi connectivity index (χ1) is 10.0. The molecule has 0 radical (unpaired) electrons. The Morgan fingerprint density at radius 1 is 1.00 bits per heavy atom. The number of rotatable bonds is 5. The van der Waals surface area contributed by atoms with E-state index in [1.165, 1.54) is 12.1 Å². The van der Waals surface area contributed by atoms with Crippen molar-refractivity contribution in [2.45, 2.75) is 6.04 Å². The molecule has 6 nitrogen and oxygen atoms in total. The highest BCUT2D eigenvalue weighted by molar-refractivity contribution is 5.69. The topological polar surface area (TPSA) is 110 Å². The lowest BCUT2D eigenvalue weighted by atomic mass is 9.97. The number of aliphatic carboxylic acids is 1. The summed E-state index contributed by atoms with van der Waals surface area (Å²) in [4.78, 5) is 10.8. The van der Waals surface area contributed by atoms with Gasteiger partial charge in [-0.1, -0.05) is 30.3 Å². The largest absolute Gasteiger partial charge is 0.504 e. The van der Waals surface area contributed by atoms with Crippen LogP contribution in [-0.2, 0) is 4.79 Å². The molecule has 6 heteroatoms. The Labute approximate surface area is 120 Å². The Balaban J connectivity index is 2.45. The maximum atomic E-state index is 10.8. The van der Waals surface area contributed by atoms with Gasteiger partial charge >= 0.3 is 5.97 Å². The first-order valence-corrected chi connectivity index (χ1v) is 6.24. The summed E-state index contributed by atoms with van der Waals surface area (Å²) in [6, 6.07) is 10.9. The second kappa shape index (κ2) is 6.15. The predicted octanol–water partition coefficient (Wildman–Crippen LogP) is 1.57. The molecule has 0 spiro atoms. The third kappa shape index (κ3) is 3.24. The van der Waals surface area contributed by atoms with Crippen LogP contribution in [0.2, 0.25) is 0 Å². The Bertz CT molecular complexity index is 642. The van der Waals surface area contributed by atoms with E-state index in [1.807, 2.05) is 6.07 Å². The molecule has 0 saturated heterocycles. The minimum absolute atomic E-state index is 0.276. The van der Waals surface area contributed by atoms with Gasteiger partial charge in [0.1, 0.15) is 0 Å². The molecule has 2 aromatic rings. The quantitative estimate of drug-likeness (QED) is 0.534. The lowest BCUT2D eigenvalue weighted by Crippen LogP contribution is -2.28. The van der Waals surface area contributed by atoms with Crippen LogP contribution in [0.3, 0.4) is 0 Å². The summed E-state index contributed by atoms with van der Waals surface area (Å²) in [6.07, 6.45) is 0. The van der Waals surface area contributed by atoms with Gasteiger partial charge in [-0.05, 0) is 17.7 Å². The van der Waals surface area contributed by atoms with Crippen molar-refractivity contribution in [3.05, 3.63) is 53.6 Å². The minimum atomic E-state index is -1.04. The summed E-state index contributed by atoms with van der Waals surface area (Å²) in [7, 11) is 0. The zero-order valence-electron chi connectivity index (χ0n) is 11.0. The van der Waals surface area contributed by atoms with Crippen LogP contribution in [0.1, 0.15) is 17.2 Å². The molecule has 0 fully saturated rings. The van der Waals surface area contributed by atoms with Gasteiger partial charge in [-0.2, -0.15) is 0 Å². The fourth-order valence-electron chi connectivity index (χ4n) is 2.06. The number of phenolic OH excluding ortho intramolecular Hbond substituents is 3. The van der Waals surface area contributed by atoms with Gasteiger partial charge in [0.2, 0.25) is 5.75 Å². The van der Waals surface area contributed by atoms with E-state index in [2.05, 4.69) is 5.32 Å². The Hall–Kier alpha value is -2.73. The number of hydrogen-bond acceptors (Lipinski definition) is 5. The molecule has 2 aromatic carbocycles. The molecule has 1 atom stereocenters. The van der Waals surface area contributed by atoms with Gasteiger partial charge in [-0.3, -0.25) is 10.1 Å². The molecule has 0 saturated carbocycles. The number of carbonyl (C=O) groups is 1. The minimum Gasteiger partial charge on any atom is -0.504 e. The molecule has 0 amide bonds. The van der Waals surface area contributed by atoms with E-state index in [4.69, 9.17) is 5.11 Å². The third-order valence-corrected chi connectivity index (χ3v) is 3.06. The lowest BCUT2D eigenvalue weighted by Gasteiger charge is -2.20. The number of hydrogen-bond donors (Lipinski definition) is 5. The van der Waals surface area contributed by atoms with Crippen molar-refractivity contribution in [2.75, 3.05) is 6.54 Å². The fraction of sp³-hybridized carbons (Fsp3) is 0.133. The van der Waals surface area contributed by atoms with Crippen LogP contribution < -0.4 is 5.32 Å². The number of carboxylic acid groups (broad SMARTS) is 1. The van der Waals surface area contributed by atoms with Gasteiger partial charge < -0.3 is 20.4 Å². The van der Waals surface area contributed by atoms with Crippen molar-refractivity contribution in [2.24, 2.45) is 0 Å². The zero-order chi connectivity index (χ0) is 15.4. The summed E-state index contributed by atoms with van der Waals surface area (Å²) in [5.41, 5.74) is 0.997. The normalized spacial score (nSPS) is 12.0. The molecule has 0 aromatic heterocycles. The molecule has 110 valence electrons. The van der Waals surface area contributed by atoms with Gasteiger partial charge in [0.15, 0.2) is 11.5 Å². The van der Waals surface area contributed by atoms with Crippen molar-refractivity contribution in [1.82, 2.24) is 5.32 Å². The van der Waals surface area contributed by atoms with E-state index in [9.17, 15) is 20.1 Å². The number of nitrogens with one attached hydrogen (secondary N) is 1. The fourth-order valence-corrected chi connectivity index (χ4v) is 2.06. The number of phenols is 3. The molecule has 2 rings (SSSR count).